The first-order chi connectivity index (χ1) is 10.8. The lowest BCUT2D eigenvalue weighted by Crippen LogP contribution is -2.35. The lowest BCUT2D eigenvalue weighted by Gasteiger charge is -2.31. The maximum Gasteiger partial charge on any atom is 0.253 e. The minimum atomic E-state index is -0.0189. The third-order valence-electron chi connectivity index (χ3n) is 4.25. The molecule has 3 heterocycles. The zero-order valence-electron chi connectivity index (χ0n) is 12.8. The molecule has 0 aromatic carbocycles. The van der Waals surface area contributed by atoms with Crippen LogP contribution in [0.4, 0.5) is 0 Å². The normalized spacial score (nSPS) is 21.7. The Kier molecular flexibility index (Phi) is 4.58. The van der Waals surface area contributed by atoms with Crippen LogP contribution in [0.3, 0.4) is 0 Å². The van der Waals surface area contributed by atoms with Crippen molar-refractivity contribution in [3.05, 3.63) is 41.5 Å². The van der Waals surface area contributed by atoms with Gasteiger partial charge in [-0.2, -0.15) is 5.10 Å². The predicted molar refractivity (Wildman–Crippen MR) is 82.5 cm³/mol. The molecule has 0 radical (unpaired) electrons. The smallest absolute Gasteiger partial charge is 0.253 e. The van der Waals surface area contributed by atoms with Crippen LogP contribution in [0.2, 0.25) is 0 Å². The molecule has 0 saturated carbocycles. The van der Waals surface area contributed by atoms with Gasteiger partial charge < -0.3 is 15.0 Å². The monoisotopic (exact) mass is 302 g/mol. The molecule has 0 bridgehead atoms. The standard InChI is InChI=1S/C16H22N4O2/c1-2-14-13(5-6-17-14)16(21)18-8-11-4-3-7-22-15(11)12-9-19-20-10-12/h5-6,9-11,15,17H,2-4,7-8H2,1H3,(H,18,21)(H,19,20)/t11-,15+/m0/s1. The first-order valence-corrected chi connectivity index (χ1v) is 7.84. The van der Waals surface area contributed by atoms with Crippen LogP contribution in [0.1, 0.15) is 47.5 Å². The van der Waals surface area contributed by atoms with Crippen molar-refractivity contribution in [3.8, 4) is 0 Å². The molecule has 2 atom stereocenters. The largest absolute Gasteiger partial charge is 0.373 e. The zero-order chi connectivity index (χ0) is 15.4. The quantitative estimate of drug-likeness (QED) is 0.792. The molecule has 118 valence electrons. The van der Waals surface area contributed by atoms with Gasteiger partial charge in [0.15, 0.2) is 0 Å². The Labute approximate surface area is 129 Å². The predicted octanol–water partition coefficient (Wildman–Crippen LogP) is 2.20. The van der Waals surface area contributed by atoms with Crippen molar-refractivity contribution < 1.29 is 9.53 Å². The van der Waals surface area contributed by atoms with Crippen LogP contribution in [0.5, 0.6) is 0 Å². The van der Waals surface area contributed by atoms with Crippen LogP contribution in [0, 0.1) is 5.92 Å². The van der Waals surface area contributed by atoms with Gasteiger partial charge in [-0.05, 0) is 25.3 Å². The third-order valence-corrected chi connectivity index (χ3v) is 4.25. The lowest BCUT2D eigenvalue weighted by molar-refractivity contribution is -0.0272. The number of aryl methyl sites for hydroxylation is 1. The fraction of sp³-hybridized carbons (Fsp3) is 0.500. The van der Waals surface area contributed by atoms with E-state index in [1.165, 1.54) is 0 Å². The molecule has 6 heteroatoms. The summed E-state index contributed by atoms with van der Waals surface area (Å²) in [5.74, 6) is 0.258. The van der Waals surface area contributed by atoms with Gasteiger partial charge in [0, 0.05) is 42.7 Å². The molecular weight excluding hydrogens is 280 g/mol. The Bertz CT molecular complexity index is 605. The Morgan fingerprint density at radius 2 is 2.45 bits per heavy atom. The van der Waals surface area contributed by atoms with Gasteiger partial charge in [0.25, 0.3) is 5.91 Å². The van der Waals surface area contributed by atoms with Gasteiger partial charge in [-0.25, -0.2) is 0 Å². The summed E-state index contributed by atoms with van der Waals surface area (Å²) in [5, 5.41) is 9.87. The van der Waals surface area contributed by atoms with Crippen molar-refractivity contribution in [2.24, 2.45) is 5.92 Å². The molecule has 1 amide bonds. The number of aromatic nitrogens is 3. The Hall–Kier alpha value is -2.08. The fourth-order valence-electron chi connectivity index (χ4n) is 3.07. The highest BCUT2D eigenvalue weighted by molar-refractivity contribution is 5.95. The maximum atomic E-state index is 12.3. The Morgan fingerprint density at radius 1 is 1.55 bits per heavy atom. The van der Waals surface area contributed by atoms with E-state index in [4.69, 9.17) is 4.74 Å². The van der Waals surface area contributed by atoms with Gasteiger partial charge >= 0.3 is 0 Å². The van der Waals surface area contributed by atoms with Crippen molar-refractivity contribution in [1.29, 1.82) is 0 Å². The number of amides is 1. The molecule has 22 heavy (non-hydrogen) atoms. The van der Waals surface area contributed by atoms with Crippen molar-refractivity contribution in [2.75, 3.05) is 13.2 Å². The summed E-state index contributed by atoms with van der Waals surface area (Å²) in [5.41, 5.74) is 2.76. The number of rotatable bonds is 5. The molecule has 0 aliphatic carbocycles. The Balaban J connectivity index is 1.63. The number of hydrogen-bond donors (Lipinski definition) is 3. The van der Waals surface area contributed by atoms with Crippen LogP contribution in [-0.2, 0) is 11.2 Å². The summed E-state index contributed by atoms with van der Waals surface area (Å²) in [6.45, 7) is 3.41. The van der Waals surface area contributed by atoms with E-state index in [0.29, 0.717) is 6.54 Å². The van der Waals surface area contributed by atoms with E-state index < -0.39 is 0 Å². The highest BCUT2D eigenvalue weighted by Gasteiger charge is 2.28. The van der Waals surface area contributed by atoms with Gasteiger partial charge in [0.2, 0.25) is 0 Å². The first kappa shape index (κ1) is 14.8. The molecule has 1 saturated heterocycles. The van der Waals surface area contributed by atoms with Crippen molar-refractivity contribution >= 4 is 5.91 Å². The van der Waals surface area contributed by atoms with Crippen LogP contribution < -0.4 is 5.32 Å². The van der Waals surface area contributed by atoms with Gasteiger partial charge in [-0.15, -0.1) is 0 Å². The highest BCUT2D eigenvalue weighted by atomic mass is 16.5. The first-order valence-electron chi connectivity index (χ1n) is 7.84. The molecule has 1 aliphatic heterocycles. The van der Waals surface area contributed by atoms with E-state index in [0.717, 1.165) is 42.7 Å². The topological polar surface area (TPSA) is 82.8 Å². The summed E-state index contributed by atoms with van der Waals surface area (Å²) >= 11 is 0. The van der Waals surface area contributed by atoms with Gasteiger partial charge in [-0.1, -0.05) is 6.92 Å². The van der Waals surface area contributed by atoms with Crippen LogP contribution >= 0.6 is 0 Å². The molecule has 1 aliphatic rings. The van der Waals surface area contributed by atoms with Crippen molar-refractivity contribution in [3.63, 3.8) is 0 Å². The number of aromatic amines is 2. The van der Waals surface area contributed by atoms with Gasteiger partial charge in [0.1, 0.15) is 0 Å². The maximum absolute atomic E-state index is 12.3. The SMILES string of the molecule is CCc1[nH]ccc1C(=O)NC[C@@H]1CCCO[C@H]1c1cn[nH]c1. The molecule has 6 nitrogen and oxygen atoms in total. The van der Waals surface area contributed by atoms with E-state index in [-0.39, 0.29) is 17.9 Å². The van der Waals surface area contributed by atoms with Crippen LogP contribution in [-0.4, -0.2) is 34.2 Å². The highest BCUT2D eigenvalue weighted by Crippen LogP contribution is 2.32. The molecule has 3 N–H and O–H groups in total. The third kappa shape index (κ3) is 3.06. The Morgan fingerprint density at radius 3 is 3.23 bits per heavy atom. The van der Waals surface area contributed by atoms with E-state index in [9.17, 15) is 4.79 Å². The second-order valence-corrected chi connectivity index (χ2v) is 5.66. The average Bonchev–Trinajstić information content (AvgIpc) is 3.23. The van der Waals surface area contributed by atoms with Crippen LogP contribution in [0.15, 0.2) is 24.7 Å². The van der Waals surface area contributed by atoms with Crippen molar-refractivity contribution in [1.82, 2.24) is 20.5 Å². The minimum Gasteiger partial charge on any atom is -0.373 e. The summed E-state index contributed by atoms with van der Waals surface area (Å²) in [6, 6.07) is 1.83. The molecule has 3 rings (SSSR count). The fourth-order valence-corrected chi connectivity index (χ4v) is 3.07. The number of nitrogens with zero attached hydrogens (tertiary/aromatic N) is 1. The number of ether oxygens (including phenoxy) is 1. The van der Waals surface area contributed by atoms with E-state index in [1.54, 1.807) is 6.20 Å². The van der Waals surface area contributed by atoms with E-state index in [1.807, 2.05) is 25.4 Å². The zero-order valence-corrected chi connectivity index (χ0v) is 12.8. The number of nitrogens with one attached hydrogen (secondary N) is 3. The minimum absolute atomic E-state index is 0.00432. The number of carbonyl (C=O) groups excluding carboxylic acids is 1. The molecule has 2 aromatic rings. The second-order valence-electron chi connectivity index (χ2n) is 5.66. The molecule has 0 spiro atoms. The van der Waals surface area contributed by atoms with E-state index in [2.05, 4.69) is 20.5 Å². The molecular formula is C16H22N4O2. The number of hydrogen-bond acceptors (Lipinski definition) is 3. The second kappa shape index (κ2) is 6.79. The lowest BCUT2D eigenvalue weighted by atomic mass is 9.91. The van der Waals surface area contributed by atoms with E-state index >= 15 is 0 Å². The number of carbonyl (C=O) groups is 1. The van der Waals surface area contributed by atoms with Gasteiger partial charge in [0.05, 0.1) is 17.9 Å². The summed E-state index contributed by atoms with van der Waals surface area (Å²) in [6.07, 6.45) is 8.37. The van der Waals surface area contributed by atoms with Crippen molar-refractivity contribution in [2.45, 2.75) is 32.3 Å². The van der Waals surface area contributed by atoms with Crippen LogP contribution in [0.25, 0.3) is 0 Å². The summed E-state index contributed by atoms with van der Waals surface area (Å²) < 4.78 is 5.89. The average molecular weight is 302 g/mol. The molecule has 1 fully saturated rings. The van der Waals surface area contributed by atoms with Gasteiger partial charge in [-0.3, -0.25) is 9.89 Å². The summed E-state index contributed by atoms with van der Waals surface area (Å²) in [4.78, 5) is 15.4. The summed E-state index contributed by atoms with van der Waals surface area (Å²) in [7, 11) is 0. The molecule has 0 unspecified atom stereocenters. The number of H-pyrrole nitrogens is 2. The molecule has 2 aromatic heterocycles.